The van der Waals surface area contributed by atoms with Crippen molar-refractivity contribution >= 4 is 0 Å². The van der Waals surface area contributed by atoms with Crippen LogP contribution in [0.5, 0.6) is 0 Å². The molecule has 0 aliphatic rings. The lowest BCUT2D eigenvalue weighted by Gasteiger charge is -2.15. The Balaban J connectivity index is 2.47. The SMILES string of the molecule is C#CCCCC(Cc1cccc(F)c1)NN. The van der Waals surface area contributed by atoms with Crippen molar-refractivity contribution in [2.75, 3.05) is 0 Å². The maximum absolute atomic E-state index is 12.9. The molecule has 0 aliphatic heterocycles. The topological polar surface area (TPSA) is 38.0 Å². The summed E-state index contributed by atoms with van der Waals surface area (Å²) in [5.41, 5.74) is 3.69. The average Bonchev–Trinajstić information content (AvgIpc) is 2.28. The molecule has 0 aromatic heterocycles. The van der Waals surface area contributed by atoms with Crippen LogP contribution in [-0.2, 0) is 6.42 Å². The molecule has 2 nitrogen and oxygen atoms in total. The van der Waals surface area contributed by atoms with E-state index in [1.807, 2.05) is 6.07 Å². The number of nitrogens with two attached hydrogens (primary N) is 1. The molecule has 0 saturated heterocycles. The molecule has 0 spiro atoms. The Hall–Kier alpha value is -1.37. The minimum absolute atomic E-state index is 0.148. The molecule has 1 aromatic rings. The van der Waals surface area contributed by atoms with Gasteiger partial charge in [0, 0.05) is 12.5 Å². The van der Waals surface area contributed by atoms with Crippen LogP contribution in [0.4, 0.5) is 4.39 Å². The lowest BCUT2D eigenvalue weighted by molar-refractivity contribution is 0.478. The third kappa shape index (κ3) is 4.43. The average molecular weight is 220 g/mol. The minimum Gasteiger partial charge on any atom is -0.271 e. The lowest BCUT2D eigenvalue weighted by atomic mass is 10.0. The number of halogens is 1. The molecule has 0 saturated carbocycles. The van der Waals surface area contributed by atoms with E-state index in [1.54, 1.807) is 6.07 Å². The number of unbranched alkanes of at least 4 members (excludes halogenated alkanes) is 1. The maximum Gasteiger partial charge on any atom is 0.123 e. The van der Waals surface area contributed by atoms with Gasteiger partial charge in [-0.3, -0.25) is 11.3 Å². The zero-order valence-electron chi connectivity index (χ0n) is 9.25. The summed E-state index contributed by atoms with van der Waals surface area (Å²) in [5.74, 6) is 7.83. The van der Waals surface area contributed by atoms with Crippen molar-refractivity contribution in [2.45, 2.75) is 31.7 Å². The summed E-state index contributed by atoms with van der Waals surface area (Å²) in [7, 11) is 0. The van der Waals surface area contributed by atoms with Crippen molar-refractivity contribution in [1.82, 2.24) is 5.43 Å². The van der Waals surface area contributed by atoms with Crippen molar-refractivity contribution in [3.05, 3.63) is 35.6 Å². The number of rotatable bonds is 6. The molecule has 0 amide bonds. The van der Waals surface area contributed by atoms with Gasteiger partial charge < -0.3 is 0 Å². The molecule has 86 valence electrons. The molecule has 0 aliphatic carbocycles. The Morgan fingerprint density at radius 3 is 2.94 bits per heavy atom. The van der Waals surface area contributed by atoms with E-state index in [0.29, 0.717) is 0 Å². The molecule has 1 atom stereocenters. The van der Waals surface area contributed by atoms with E-state index in [9.17, 15) is 4.39 Å². The zero-order valence-corrected chi connectivity index (χ0v) is 9.25. The summed E-state index contributed by atoms with van der Waals surface area (Å²) < 4.78 is 12.9. The van der Waals surface area contributed by atoms with Crippen LogP contribution in [-0.4, -0.2) is 6.04 Å². The molecule has 0 bridgehead atoms. The van der Waals surface area contributed by atoms with Gasteiger partial charge in [-0.05, 0) is 37.0 Å². The maximum atomic E-state index is 12.9. The highest BCUT2D eigenvalue weighted by Crippen LogP contribution is 2.09. The Bertz CT molecular complexity index is 357. The Labute approximate surface area is 96.0 Å². The van der Waals surface area contributed by atoms with Gasteiger partial charge in [0.2, 0.25) is 0 Å². The van der Waals surface area contributed by atoms with Gasteiger partial charge >= 0.3 is 0 Å². The standard InChI is InChI=1S/C13H17FN2/c1-2-3-4-8-13(16-15)10-11-6-5-7-12(14)9-11/h1,5-7,9,13,16H,3-4,8,10,15H2. The Morgan fingerprint density at radius 1 is 1.50 bits per heavy atom. The van der Waals surface area contributed by atoms with Gasteiger partial charge in [-0.15, -0.1) is 12.3 Å². The molecule has 1 rings (SSSR count). The second-order valence-corrected chi connectivity index (χ2v) is 3.79. The van der Waals surface area contributed by atoms with Crippen molar-refractivity contribution in [3.63, 3.8) is 0 Å². The minimum atomic E-state index is -0.211. The van der Waals surface area contributed by atoms with Crippen molar-refractivity contribution in [1.29, 1.82) is 0 Å². The number of hydrogen-bond acceptors (Lipinski definition) is 2. The second-order valence-electron chi connectivity index (χ2n) is 3.79. The predicted octanol–water partition coefficient (Wildman–Crippen LogP) is 2.00. The van der Waals surface area contributed by atoms with Gasteiger partial charge in [0.25, 0.3) is 0 Å². The summed E-state index contributed by atoms with van der Waals surface area (Å²) in [5, 5.41) is 0. The number of terminal acetylenes is 1. The van der Waals surface area contributed by atoms with Gasteiger partial charge in [0.15, 0.2) is 0 Å². The van der Waals surface area contributed by atoms with Crippen LogP contribution < -0.4 is 11.3 Å². The molecule has 3 N–H and O–H groups in total. The van der Waals surface area contributed by atoms with Crippen LogP contribution in [0.3, 0.4) is 0 Å². The van der Waals surface area contributed by atoms with Gasteiger partial charge in [-0.1, -0.05) is 12.1 Å². The third-order valence-corrected chi connectivity index (χ3v) is 2.48. The normalized spacial score (nSPS) is 12.1. The van der Waals surface area contributed by atoms with E-state index >= 15 is 0 Å². The summed E-state index contributed by atoms with van der Waals surface area (Å²) in [4.78, 5) is 0. The van der Waals surface area contributed by atoms with Gasteiger partial charge in [0.1, 0.15) is 5.82 Å². The van der Waals surface area contributed by atoms with Crippen LogP contribution in [0.25, 0.3) is 0 Å². The highest BCUT2D eigenvalue weighted by atomic mass is 19.1. The monoisotopic (exact) mass is 220 g/mol. The highest BCUT2D eigenvalue weighted by molar-refractivity contribution is 5.17. The first-order chi connectivity index (χ1) is 7.76. The Kier molecular flexibility index (Phi) is 5.55. The number of benzene rings is 1. The van der Waals surface area contributed by atoms with Gasteiger partial charge in [-0.25, -0.2) is 4.39 Å². The van der Waals surface area contributed by atoms with E-state index in [2.05, 4.69) is 11.3 Å². The molecule has 16 heavy (non-hydrogen) atoms. The first kappa shape index (κ1) is 12.7. The van der Waals surface area contributed by atoms with Gasteiger partial charge in [-0.2, -0.15) is 0 Å². The molecular formula is C13H17FN2. The van der Waals surface area contributed by atoms with Crippen molar-refractivity contribution < 1.29 is 4.39 Å². The van der Waals surface area contributed by atoms with Crippen LogP contribution in [0.15, 0.2) is 24.3 Å². The third-order valence-electron chi connectivity index (χ3n) is 2.48. The van der Waals surface area contributed by atoms with E-state index in [1.165, 1.54) is 12.1 Å². The van der Waals surface area contributed by atoms with Crippen LogP contribution >= 0.6 is 0 Å². The fourth-order valence-electron chi connectivity index (χ4n) is 1.64. The van der Waals surface area contributed by atoms with Gasteiger partial charge in [0.05, 0.1) is 0 Å². The van der Waals surface area contributed by atoms with Crippen LogP contribution in [0.2, 0.25) is 0 Å². The summed E-state index contributed by atoms with van der Waals surface area (Å²) in [6.07, 6.45) is 8.48. The Morgan fingerprint density at radius 2 is 2.31 bits per heavy atom. The molecule has 0 fully saturated rings. The molecule has 1 unspecified atom stereocenters. The van der Waals surface area contributed by atoms with Crippen LogP contribution in [0.1, 0.15) is 24.8 Å². The fourth-order valence-corrected chi connectivity index (χ4v) is 1.64. The highest BCUT2D eigenvalue weighted by Gasteiger charge is 2.07. The van der Waals surface area contributed by atoms with Crippen LogP contribution in [0, 0.1) is 18.2 Å². The van der Waals surface area contributed by atoms with Crippen molar-refractivity contribution in [3.8, 4) is 12.3 Å². The zero-order chi connectivity index (χ0) is 11.8. The molecule has 3 heteroatoms. The first-order valence-corrected chi connectivity index (χ1v) is 5.40. The quantitative estimate of drug-likeness (QED) is 0.333. The molecular weight excluding hydrogens is 203 g/mol. The van der Waals surface area contributed by atoms with E-state index in [0.717, 1.165) is 31.2 Å². The predicted molar refractivity (Wildman–Crippen MR) is 63.9 cm³/mol. The molecule has 0 heterocycles. The van der Waals surface area contributed by atoms with E-state index < -0.39 is 0 Å². The van der Waals surface area contributed by atoms with E-state index in [4.69, 9.17) is 12.3 Å². The molecule has 0 radical (unpaired) electrons. The summed E-state index contributed by atoms with van der Waals surface area (Å²) in [6, 6.07) is 6.72. The summed E-state index contributed by atoms with van der Waals surface area (Å²) in [6.45, 7) is 0. The number of hydrogen-bond donors (Lipinski definition) is 2. The van der Waals surface area contributed by atoms with E-state index in [-0.39, 0.29) is 11.9 Å². The first-order valence-electron chi connectivity index (χ1n) is 5.40. The summed E-state index contributed by atoms with van der Waals surface area (Å²) >= 11 is 0. The lowest BCUT2D eigenvalue weighted by Crippen LogP contribution is -2.36. The van der Waals surface area contributed by atoms with Crippen molar-refractivity contribution in [2.24, 2.45) is 5.84 Å². The fraction of sp³-hybridized carbons (Fsp3) is 0.385. The molecule has 1 aromatic carbocycles. The largest absolute Gasteiger partial charge is 0.271 e. The second kappa shape index (κ2) is 7.00. The number of nitrogens with one attached hydrogen (secondary N) is 1. The smallest absolute Gasteiger partial charge is 0.123 e. The number of hydrazine groups is 1.